The lowest BCUT2D eigenvalue weighted by atomic mass is 9.95. The zero-order valence-corrected chi connectivity index (χ0v) is 21.8. The first-order chi connectivity index (χ1) is 17.7. The van der Waals surface area contributed by atoms with E-state index < -0.39 is 17.7 Å². The number of amides is 1. The standard InChI is InChI=1S/C29H28ClNO6/c1-5-36-21-12-10-20(11-13-21)31-26(18-7-6-8-22(15-18)37-17(2)3)25(28(33)29(31)34)27(32)19-9-14-23(30)24(16-19)35-4/h6-17,26,32H,5H2,1-4H3/b27-25-. The number of benzene rings is 3. The molecule has 0 spiro atoms. The zero-order chi connectivity index (χ0) is 26.7. The third-order valence-electron chi connectivity index (χ3n) is 5.84. The Morgan fingerprint density at radius 2 is 1.76 bits per heavy atom. The molecule has 0 bridgehead atoms. The number of hydrogen-bond acceptors (Lipinski definition) is 6. The molecule has 1 saturated heterocycles. The quantitative estimate of drug-likeness (QED) is 0.217. The minimum absolute atomic E-state index is 0.0510. The molecule has 1 fully saturated rings. The Bertz CT molecular complexity index is 1350. The molecule has 7 nitrogen and oxygen atoms in total. The molecule has 4 rings (SSSR count). The molecular weight excluding hydrogens is 494 g/mol. The van der Waals surface area contributed by atoms with E-state index in [0.29, 0.717) is 45.7 Å². The van der Waals surface area contributed by atoms with Crippen LogP contribution in [0.5, 0.6) is 17.2 Å². The molecule has 0 radical (unpaired) electrons. The summed E-state index contributed by atoms with van der Waals surface area (Å²) in [5.41, 5.74) is 1.34. The Hall–Kier alpha value is -3.97. The van der Waals surface area contributed by atoms with Crippen molar-refractivity contribution in [2.45, 2.75) is 32.9 Å². The van der Waals surface area contributed by atoms with Crippen molar-refractivity contribution in [3.8, 4) is 17.2 Å². The van der Waals surface area contributed by atoms with Crippen LogP contribution in [0.25, 0.3) is 5.76 Å². The predicted molar refractivity (Wildman–Crippen MR) is 143 cm³/mol. The minimum atomic E-state index is -0.907. The first-order valence-electron chi connectivity index (χ1n) is 11.9. The van der Waals surface area contributed by atoms with E-state index in [4.69, 9.17) is 25.8 Å². The molecule has 1 amide bonds. The fraction of sp³-hybridized carbons (Fsp3) is 0.241. The second-order valence-corrected chi connectivity index (χ2v) is 9.09. The molecule has 1 heterocycles. The van der Waals surface area contributed by atoms with Gasteiger partial charge in [-0.25, -0.2) is 0 Å². The molecule has 0 saturated carbocycles. The first-order valence-corrected chi connectivity index (χ1v) is 12.3. The van der Waals surface area contributed by atoms with Crippen LogP contribution < -0.4 is 19.1 Å². The van der Waals surface area contributed by atoms with Gasteiger partial charge in [0.1, 0.15) is 23.0 Å². The predicted octanol–water partition coefficient (Wildman–Crippen LogP) is 6.16. The number of hydrogen-bond donors (Lipinski definition) is 1. The van der Waals surface area contributed by atoms with E-state index in [0.717, 1.165) is 0 Å². The van der Waals surface area contributed by atoms with Crippen LogP contribution in [0.15, 0.2) is 72.3 Å². The molecule has 192 valence electrons. The third kappa shape index (κ3) is 5.27. The van der Waals surface area contributed by atoms with Crippen molar-refractivity contribution in [2.24, 2.45) is 0 Å². The zero-order valence-electron chi connectivity index (χ0n) is 21.0. The summed E-state index contributed by atoms with van der Waals surface area (Å²) in [5.74, 6) is -0.345. The van der Waals surface area contributed by atoms with Crippen LogP contribution in [-0.4, -0.2) is 36.6 Å². The second-order valence-electron chi connectivity index (χ2n) is 8.68. The molecule has 3 aromatic rings. The summed E-state index contributed by atoms with van der Waals surface area (Å²) in [7, 11) is 1.45. The number of ketones is 1. The van der Waals surface area contributed by atoms with Crippen LogP contribution in [-0.2, 0) is 9.59 Å². The highest BCUT2D eigenvalue weighted by Gasteiger charge is 2.47. The van der Waals surface area contributed by atoms with Crippen LogP contribution >= 0.6 is 11.6 Å². The van der Waals surface area contributed by atoms with Crippen molar-refractivity contribution in [3.63, 3.8) is 0 Å². The molecule has 37 heavy (non-hydrogen) atoms. The number of Topliss-reactive ketones (excluding diaryl/α,β-unsaturated/α-hetero) is 1. The van der Waals surface area contributed by atoms with Crippen molar-refractivity contribution in [3.05, 3.63) is 88.5 Å². The number of anilines is 1. The highest BCUT2D eigenvalue weighted by atomic mass is 35.5. The fourth-order valence-electron chi connectivity index (χ4n) is 4.28. The Morgan fingerprint density at radius 1 is 1.03 bits per heavy atom. The molecule has 8 heteroatoms. The second kappa shape index (κ2) is 11.0. The number of carbonyl (C=O) groups excluding carboxylic acids is 2. The van der Waals surface area contributed by atoms with Crippen molar-refractivity contribution >= 4 is 34.7 Å². The number of aliphatic hydroxyl groups excluding tert-OH is 1. The smallest absolute Gasteiger partial charge is 0.300 e. The van der Waals surface area contributed by atoms with Crippen LogP contribution in [0.3, 0.4) is 0 Å². The van der Waals surface area contributed by atoms with Crippen molar-refractivity contribution < 1.29 is 28.9 Å². The number of methoxy groups -OCH3 is 1. The highest BCUT2D eigenvalue weighted by Crippen LogP contribution is 2.43. The summed E-state index contributed by atoms with van der Waals surface area (Å²) < 4.78 is 16.7. The number of nitrogens with zero attached hydrogens (tertiary/aromatic N) is 1. The highest BCUT2D eigenvalue weighted by molar-refractivity contribution is 6.51. The third-order valence-corrected chi connectivity index (χ3v) is 6.15. The number of halogens is 1. The van der Waals surface area contributed by atoms with Crippen molar-refractivity contribution in [1.82, 2.24) is 0 Å². The SMILES string of the molecule is CCOc1ccc(N2C(=O)C(=O)/C(=C(\O)c3ccc(Cl)c(OC)c3)C2c2cccc(OC(C)C)c2)cc1. The van der Waals surface area contributed by atoms with Gasteiger partial charge in [0.25, 0.3) is 11.7 Å². The minimum Gasteiger partial charge on any atom is -0.507 e. The average Bonchev–Trinajstić information content (AvgIpc) is 3.14. The molecule has 0 aromatic heterocycles. The van der Waals surface area contributed by atoms with Gasteiger partial charge < -0.3 is 19.3 Å². The van der Waals surface area contributed by atoms with Crippen LogP contribution in [0.4, 0.5) is 5.69 Å². The van der Waals surface area contributed by atoms with Gasteiger partial charge in [0.15, 0.2) is 0 Å². The summed E-state index contributed by atoms with van der Waals surface area (Å²) >= 11 is 6.16. The lowest BCUT2D eigenvalue weighted by Gasteiger charge is -2.26. The average molecular weight is 522 g/mol. The molecule has 1 atom stereocenters. The maximum atomic E-state index is 13.4. The first kappa shape index (κ1) is 26.1. The van der Waals surface area contributed by atoms with Crippen LogP contribution in [0.2, 0.25) is 5.02 Å². The molecule has 1 N–H and O–H groups in total. The van der Waals surface area contributed by atoms with Gasteiger partial charge >= 0.3 is 0 Å². The number of ether oxygens (including phenoxy) is 3. The molecule has 1 unspecified atom stereocenters. The van der Waals surface area contributed by atoms with Gasteiger partial charge in [0.2, 0.25) is 0 Å². The van der Waals surface area contributed by atoms with Gasteiger partial charge in [-0.15, -0.1) is 0 Å². The Kier molecular flexibility index (Phi) is 7.74. The van der Waals surface area contributed by atoms with E-state index in [2.05, 4.69) is 0 Å². The molecule has 1 aliphatic heterocycles. The lowest BCUT2D eigenvalue weighted by molar-refractivity contribution is -0.132. The Morgan fingerprint density at radius 3 is 2.41 bits per heavy atom. The van der Waals surface area contributed by atoms with Crippen molar-refractivity contribution in [2.75, 3.05) is 18.6 Å². The molecule has 3 aromatic carbocycles. The Labute approximate surface area is 220 Å². The molecular formula is C29H28ClNO6. The summed E-state index contributed by atoms with van der Waals surface area (Å²) in [6, 6.07) is 17.8. The fourth-order valence-corrected chi connectivity index (χ4v) is 4.47. The largest absolute Gasteiger partial charge is 0.507 e. The number of carbonyl (C=O) groups is 2. The van der Waals surface area contributed by atoms with Gasteiger partial charge in [-0.05, 0) is 80.9 Å². The van der Waals surface area contributed by atoms with Gasteiger partial charge in [-0.2, -0.15) is 0 Å². The molecule has 0 aliphatic carbocycles. The van der Waals surface area contributed by atoms with E-state index in [-0.39, 0.29) is 17.4 Å². The van der Waals surface area contributed by atoms with Gasteiger partial charge in [0, 0.05) is 11.3 Å². The van der Waals surface area contributed by atoms with Gasteiger partial charge in [-0.1, -0.05) is 23.7 Å². The Balaban J connectivity index is 1.91. The van der Waals surface area contributed by atoms with Crippen molar-refractivity contribution in [1.29, 1.82) is 0 Å². The maximum absolute atomic E-state index is 13.4. The summed E-state index contributed by atoms with van der Waals surface area (Å²) in [6.07, 6.45) is -0.0748. The van der Waals surface area contributed by atoms with Gasteiger partial charge in [0.05, 0.1) is 36.5 Å². The summed E-state index contributed by atoms with van der Waals surface area (Å²) in [6.45, 7) is 6.20. The van der Waals surface area contributed by atoms with E-state index >= 15 is 0 Å². The van der Waals surface area contributed by atoms with E-state index in [1.54, 1.807) is 60.7 Å². The number of rotatable bonds is 8. The maximum Gasteiger partial charge on any atom is 0.300 e. The summed E-state index contributed by atoms with van der Waals surface area (Å²) in [4.78, 5) is 28.2. The lowest BCUT2D eigenvalue weighted by Crippen LogP contribution is -2.29. The van der Waals surface area contributed by atoms with Gasteiger partial charge in [-0.3, -0.25) is 14.5 Å². The van der Waals surface area contributed by atoms with Crippen LogP contribution in [0, 0.1) is 0 Å². The molecule has 1 aliphatic rings. The van der Waals surface area contributed by atoms with E-state index in [9.17, 15) is 14.7 Å². The number of aliphatic hydroxyl groups is 1. The topological polar surface area (TPSA) is 85.3 Å². The summed E-state index contributed by atoms with van der Waals surface area (Å²) in [5, 5.41) is 11.7. The van der Waals surface area contributed by atoms with Crippen LogP contribution in [0.1, 0.15) is 37.9 Å². The van der Waals surface area contributed by atoms with E-state index in [1.807, 2.05) is 20.8 Å². The van der Waals surface area contributed by atoms with E-state index in [1.165, 1.54) is 18.1 Å². The monoisotopic (exact) mass is 521 g/mol. The normalized spacial score (nSPS) is 16.8.